The summed E-state index contributed by atoms with van der Waals surface area (Å²) in [7, 11) is 4.67. The van der Waals surface area contributed by atoms with Crippen LogP contribution in [0.15, 0.2) is 24.5 Å². The Morgan fingerprint density at radius 2 is 1.13 bits per heavy atom. The highest BCUT2D eigenvalue weighted by molar-refractivity contribution is 5.40. The summed E-state index contributed by atoms with van der Waals surface area (Å²) in [5.41, 5.74) is 9.70. The van der Waals surface area contributed by atoms with Crippen LogP contribution < -0.4 is 0 Å². The fraction of sp³-hybridized carbons (Fsp3) is 0.706. The Kier molecular flexibility index (Phi) is 5.88. The molecule has 2 aromatic rings. The van der Waals surface area contributed by atoms with E-state index in [2.05, 4.69) is 76.1 Å². The lowest BCUT2D eigenvalue weighted by Crippen LogP contribution is -2.51. The molecule has 7 aliphatic carbocycles. The number of hydrogen-bond acceptors (Lipinski definition) is 4. The number of likely N-dealkylation sites (N-methyl/N-ethyl adjacent to an activating group) is 2. The van der Waals surface area contributed by atoms with Gasteiger partial charge in [0.15, 0.2) is 0 Å². The third-order valence-electron chi connectivity index (χ3n) is 12.4. The fourth-order valence-electron chi connectivity index (χ4n) is 9.45. The second-order valence-corrected chi connectivity index (χ2v) is 15.0. The van der Waals surface area contributed by atoms with Crippen molar-refractivity contribution in [3.05, 3.63) is 58.2 Å². The van der Waals surface area contributed by atoms with Crippen LogP contribution in [0.5, 0.6) is 0 Å². The molecule has 9 rings (SSSR count). The molecular weight excluding hydrogens is 464 g/mol. The van der Waals surface area contributed by atoms with E-state index in [0.29, 0.717) is 22.9 Å². The molecule has 0 spiro atoms. The quantitative estimate of drug-likeness (QED) is 0.430. The van der Waals surface area contributed by atoms with Gasteiger partial charge in [0, 0.05) is 37.6 Å². The lowest BCUT2D eigenvalue weighted by atomic mass is 9.48. The monoisotopic (exact) mass is 512 g/mol. The van der Waals surface area contributed by atoms with E-state index in [0.717, 1.165) is 36.8 Å². The first kappa shape index (κ1) is 25.2. The molecule has 2 unspecified atom stereocenters. The number of pyridine rings is 2. The third kappa shape index (κ3) is 3.84. The molecule has 0 N–H and O–H groups in total. The van der Waals surface area contributed by atoms with Crippen LogP contribution in [0, 0.1) is 22.7 Å². The van der Waals surface area contributed by atoms with E-state index in [9.17, 15) is 0 Å². The van der Waals surface area contributed by atoms with Crippen molar-refractivity contribution in [2.75, 3.05) is 14.1 Å². The van der Waals surface area contributed by atoms with Crippen LogP contribution in [0.2, 0.25) is 0 Å². The summed E-state index contributed by atoms with van der Waals surface area (Å²) in [6.45, 7) is 11.7. The number of hydrogen-bond donors (Lipinski definition) is 0. The predicted molar refractivity (Wildman–Crippen MR) is 154 cm³/mol. The van der Waals surface area contributed by atoms with Crippen LogP contribution >= 0.6 is 0 Å². The summed E-state index contributed by atoms with van der Waals surface area (Å²) in [4.78, 5) is 15.2. The van der Waals surface area contributed by atoms with Gasteiger partial charge in [0.05, 0.1) is 11.4 Å². The minimum atomic E-state index is 0.469. The maximum absolute atomic E-state index is 5.00. The maximum atomic E-state index is 5.00. The Labute approximate surface area is 230 Å². The summed E-state index contributed by atoms with van der Waals surface area (Å²) < 4.78 is 0. The molecule has 0 radical (unpaired) electrons. The van der Waals surface area contributed by atoms with Gasteiger partial charge in [0.2, 0.25) is 0 Å². The van der Waals surface area contributed by atoms with Crippen LogP contribution in [0.1, 0.15) is 112 Å². The molecule has 4 heteroatoms. The third-order valence-corrected chi connectivity index (χ3v) is 12.4. The van der Waals surface area contributed by atoms with Crippen LogP contribution in [-0.4, -0.2) is 45.9 Å². The van der Waals surface area contributed by atoms with Gasteiger partial charge in [0.1, 0.15) is 0 Å². The number of rotatable bonds is 6. The first-order chi connectivity index (χ1) is 18.1. The molecule has 0 aromatic carbocycles. The maximum Gasteiger partial charge on any atom is 0.0546 e. The molecular formula is C34H48N4. The van der Waals surface area contributed by atoms with Crippen molar-refractivity contribution in [2.24, 2.45) is 22.7 Å². The topological polar surface area (TPSA) is 32.3 Å². The van der Waals surface area contributed by atoms with Gasteiger partial charge in [0.25, 0.3) is 0 Å². The molecule has 4 nitrogen and oxygen atoms in total. The molecule has 2 heterocycles. The molecule has 3 saturated carbocycles. The molecule has 4 bridgehead atoms. The highest BCUT2D eigenvalue weighted by Gasteiger charge is 2.53. The molecule has 0 aliphatic heterocycles. The standard InChI is InChI=1S/C34H48N4/c1-33(2)23-11-21-13-25(35-17-27(21)29(33)15-23)19-37(5)31-9-7-8-10-32(31)38(6)20-26-14-22-12-24-16-30(34(24,3)4)28(22)18-36-26/h13-14,17-18,23-24,29-32H,7-12,15-16,19-20H2,1-6H3/t23-,24-,29-,30-,31?,32?/m0/s1. The minimum absolute atomic E-state index is 0.469. The Hall–Kier alpha value is -1.78. The van der Waals surface area contributed by atoms with E-state index in [1.165, 1.54) is 73.9 Å². The van der Waals surface area contributed by atoms with Crippen LogP contribution in [0.3, 0.4) is 0 Å². The Balaban J connectivity index is 1.03. The van der Waals surface area contributed by atoms with Crippen LogP contribution in [0.25, 0.3) is 0 Å². The van der Waals surface area contributed by atoms with Gasteiger partial charge < -0.3 is 0 Å². The van der Waals surface area contributed by atoms with Gasteiger partial charge >= 0.3 is 0 Å². The molecule has 2 aromatic heterocycles. The second kappa shape index (κ2) is 8.86. The van der Waals surface area contributed by atoms with Crippen LogP contribution in [-0.2, 0) is 25.9 Å². The zero-order valence-corrected chi connectivity index (χ0v) is 24.6. The van der Waals surface area contributed by atoms with E-state index in [1.54, 1.807) is 11.1 Å². The average Bonchev–Trinajstić information content (AvgIpc) is 2.91. The Morgan fingerprint density at radius 1 is 0.711 bits per heavy atom. The van der Waals surface area contributed by atoms with E-state index in [-0.39, 0.29) is 0 Å². The first-order valence-corrected chi connectivity index (χ1v) is 15.5. The van der Waals surface area contributed by atoms with Crippen molar-refractivity contribution in [3.8, 4) is 0 Å². The van der Waals surface area contributed by atoms with Crippen molar-refractivity contribution >= 4 is 0 Å². The van der Waals surface area contributed by atoms with Gasteiger partial charge in [-0.05, 0) is 122 Å². The molecule has 0 saturated heterocycles. The van der Waals surface area contributed by atoms with Gasteiger partial charge in [-0.1, -0.05) is 40.5 Å². The molecule has 38 heavy (non-hydrogen) atoms. The Bertz CT molecular complexity index is 1140. The first-order valence-electron chi connectivity index (χ1n) is 15.5. The van der Waals surface area contributed by atoms with E-state index in [1.807, 2.05) is 0 Å². The summed E-state index contributed by atoms with van der Waals surface area (Å²) in [5, 5.41) is 0. The smallest absolute Gasteiger partial charge is 0.0546 e. The minimum Gasteiger partial charge on any atom is -0.296 e. The molecule has 7 aliphatic rings. The predicted octanol–water partition coefficient (Wildman–Crippen LogP) is 6.72. The zero-order valence-electron chi connectivity index (χ0n) is 24.6. The molecule has 0 amide bonds. The van der Waals surface area contributed by atoms with Gasteiger partial charge in [-0.2, -0.15) is 0 Å². The van der Waals surface area contributed by atoms with E-state index in [4.69, 9.17) is 9.97 Å². The Morgan fingerprint density at radius 3 is 1.53 bits per heavy atom. The van der Waals surface area contributed by atoms with E-state index >= 15 is 0 Å². The summed E-state index contributed by atoms with van der Waals surface area (Å²) >= 11 is 0. The van der Waals surface area contributed by atoms with Crippen molar-refractivity contribution in [3.63, 3.8) is 0 Å². The number of nitrogens with zero attached hydrogens (tertiary/aromatic N) is 4. The van der Waals surface area contributed by atoms with E-state index < -0.39 is 0 Å². The van der Waals surface area contributed by atoms with Crippen molar-refractivity contribution in [1.82, 2.24) is 19.8 Å². The number of aromatic nitrogens is 2. The lowest BCUT2D eigenvalue weighted by Gasteiger charge is -2.57. The normalized spacial score (nSPS) is 33.8. The van der Waals surface area contributed by atoms with Gasteiger partial charge in [-0.25, -0.2) is 0 Å². The molecule has 6 atom stereocenters. The highest BCUT2D eigenvalue weighted by atomic mass is 15.2. The zero-order chi connectivity index (χ0) is 26.4. The lowest BCUT2D eigenvalue weighted by molar-refractivity contribution is 0.0180. The van der Waals surface area contributed by atoms with Gasteiger partial charge in [-0.15, -0.1) is 0 Å². The van der Waals surface area contributed by atoms with Crippen LogP contribution in [0.4, 0.5) is 0 Å². The van der Waals surface area contributed by atoms with Crippen molar-refractivity contribution in [2.45, 2.75) is 116 Å². The molecule has 204 valence electrons. The molecule has 3 fully saturated rings. The summed E-state index contributed by atoms with van der Waals surface area (Å²) in [5.74, 6) is 3.17. The van der Waals surface area contributed by atoms with Crippen molar-refractivity contribution < 1.29 is 0 Å². The highest BCUT2D eigenvalue weighted by Crippen LogP contribution is 2.63. The van der Waals surface area contributed by atoms with Crippen molar-refractivity contribution in [1.29, 1.82) is 0 Å². The SMILES string of the molecule is CN(Cc1cc2c(cn1)[C@@H]1C[C@H](C2)C1(C)C)C1CCCCC1N(C)Cc1cc2c(cn1)[C@@H]1C[C@H](C2)C1(C)C. The summed E-state index contributed by atoms with van der Waals surface area (Å²) in [6, 6.07) is 6.05. The summed E-state index contributed by atoms with van der Waals surface area (Å²) in [6.07, 6.45) is 14.9. The second-order valence-electron chi connectivity index (χ2n) is 15.0. The fourth-order valence-corrected chi connectivity index (χ4v) is 9.45. The largest absolute Gasteiger partial charge is 0.296 e. The average molecular weight is 513 g/mol. The van der Waals surface area contributed by atoms with Gasteiger partial charge in [-0.3, -0.25) is 19.8 Å².